The van der Waals surface area contributed by atoms with E-state index in [-0.39, 0.29) is 45.3 Å². The molecule has 2 saturated heterocycles. The highest BCUT2D eigenvalue weighted by molar-refractivity contribution is 5.99. The molecule has 2 aliphatic rings. The number of carboxylic acids is 1. The molecule has 1 unspecified atom stereocenters. The third-order valence-electron chi connectivity index (χ3n) is 12.3. The van der Waals surface area contributed by atoms with E-state index in [1.807, 2.05) is 84.9 Å². The summed E-state index contributed by atoms with van der Waals surface area (Å²) in [5.41, 5.74) is 9.92. The van der Waals surface area contributed by atoms with Gasteiger partial charge in [0.2, 0.25) is 29.5 Å². The number of halogens is 3. The van der Waals surface area contributed by atoms with Gasteiger partial charge in [-0.25, -0.2) is 9.59 Å². The summed E-state index contributed by atoms with van der Waals surface area (Å²) in [5, 5.41) is 22.2. The predicted molar refractivity (Wildman–Crippen MR) is 267 cm³/mol. The Morgan fingerprint density at radius 1 is 0.667 bits per heavy atom. The van der Waals surface area contributed by atoms with Gasteiger partial charge in [0.25, 0.3) is 0 Å². The van der Waals surface area contributed by atoms with Gasteiger partial charge in [-0.15, -0.1) is 0 Å². The maximum Gasteiger partial charge on any atom is 0.490 e. The Hall–Kier alpha value is -8.72. The fourth-order valence-electron chi connectivity index (χ4n) is 8.61. The number of hydrogen-bond acceptors (Lipinski definition) is 10. The zero-order valence-electron chi connectivity index (χ0n) is 40.3. The zero-order valence-corrected chi connectivity index (χ0v) is 40.3. The normalized spacial score (nSPS) is 20.4. The standard InChI is InChI=1S/C52H54N8O8.C2HF3O2/c53-24-25-54-52(66)68-39-29-45-49(63)59-46(36-16-8-3-9-17-36)50(64)57-43(28-37-30-55-41-19-11-10-18-40(37)41)48(62)56-42(26-34-20-22-38(23-21-34)67-32-35-14-6-2-7-15-35)47(61)58-44(51(65)60(45)31-39)27-33-12-4-1-5-13-33;3-2(4,5)1(6)7/h1-23,30,39,42-46,55H,24-29,31-32,53H2,(H,54,66)(H,56,62)(H,57,64)(H,58,61)(H,59,63);(H,6,7)/t39?,42-,43+,44-,45-,46-;/m0./s1. The van der Waals surface area contributed by atoms with E-state index in [4.69, 9.17) is 25.1 Å². The van der Waals surface area contributed by atoms with E-state index < -0.39 is 84.1 Å². The van der Waals surface area contributed by atoms with Gasteiger partial charge in [-0.2, -0.15) is 13.2 Å². The van der Waals surface area contributed by atoms with E-state index in [0.717, 1.165) is 22.0 Å². The Bertz CT molecular complexity index is 2930. The molecule has 21 heteroatoms. The van der Waals surface area contributed by atoms with Gasteiger partial charge in [0.05, 0.1) is 6.54 Å². The monoisotopic (exact) mass is 1030 g/mol. The van der Waals surface area contributed by atoms with E-state index in [0.29, 0.717) is 29.0 Å². The third kappa shape index (κ3) is 14.9. The number of aliphatic carboxylic acids is 1. The number of benzene rings is 5. The molecule has 2 fully saturated rings. The maximum absolute atomic E-state index is 15.0. The number of H-pyrrole nitrogens is 1. The Labute approximate surface area is 428 Å². The number of fused-ring (bicyclic) bond motifs is 2. The van der Waals surface area contributed by atoms with Gasteiger partial charge in [0.1, 0.15) is 48.7 Å². The van der Waals surface area contributed by atoms with Gasteiger partial charge in [-0.1, -0.05) is 121 Å². The van der Waals surface area contributed by atoms with E-state index in [9.17, 15) is 37.1 Å². The van der Waals surface area contributed by atoms with Crippen molar-refractivity contribution < 1.29 is 61.3 Å². The van der Waals surface area contributed by atoms with Crippen LogP contribution >= 0.6 is 0 Å². The quantitative estimate of drug-likeness (QED) is 0.0805. The lowest BCUT2D eigenvalue weighted by Gasteiger charge is -2.30. The minimum atomic E-state index is -5.08. The fraction of sp³-hybridized carbons (Fsp3) is 0.278. The number of rotatable bonds is 13. The van der Waals surface area contributed by atoms with Crippen LogP contribution in [0.5, 0.6) is 5.75 Å². The summed E-state index contributed by atoms with van der Waals surface area (Å²) < 4.78 is 43.4. The molecule has 5 aromatic carbocycles. The summed E-state index contributed by atoms with van der Waals surface area (Å²) >= 11 is 0. The Morgan fingerprint density at radius 2 is 1.21 bits per heavy atom. The van der Waals surface area contributed by atoms with Gasteiger partial charge in [0, 0.05) is 55.9 Å². The number of hydrogen-bond donors (Lipinski definition) is 8. The van der Waals surface area contributed by atoms with Crippen molar-refractivity contribution in [3.05, 3.63) is 174 Å². The second kappa shape index (κ2) is 25.3. The fourth-order valence-corrected chi connectivity index (χ4v) is 8.61. The molecule has 9 N–H and O–H groups in total. The van der Waals surface area contributed by atoms with Crippen molar-refractivity contribution in [2.45, 2.75) is 74.8 Å². The van der Waals surface area contributed by atoms with Crippen molar-refractivity contribution in [1.82, 2.24) is 36.5 Å². The number of aromatic nitrogens is 1. The average Bonchev–Trinajstić information content (AvgIpc) is 4.03. The van der Waals surface area contributed by atoms with E-state index >= 15 is 4.79 Å². The van der Waals surface area contributed by atoms with Crippen LogP contribution < -0.4 is 37.1 Å². The van der Waals surface area contributed by atoms with Crippen molar-refractivity contribution in [3.63, 3.8) is 0 Å². The average molecular weight is 1030 g/mol. The lowest BCUT2D eigenvalue weighted by Crippen LogP contribution is -2.58. The number of nitrogens with one attached hydrogen (secondary N) is 6. The molecule has 2 aliphatic heterocycles. The number of amides is 6. The number of para-hydroxylation sites is 1. The van der Waals surface area contributed by atoms with E-state index in [2.05, 4.69) is 31.6 Å². The molecule has 0 saturated carbocycles. The molecule has 6 amide bonds. The number of carbonyl (C=O) groups is 7. The molecule has 6 aromatic rings. The second-order valence-electron chi connectivity index (χ2n) is 17.7. The first kappa shape index (κ1) is 54.1. The lowest BCUT2D eigenvalue weighted by atomic mass is 10.00. The smallest absolute Gasteiger partial charge is 0.489 e. The highest BCUT2D eigenvalue weighted by Gasteiger charge is 2.45. The van der Waals surface area contributed by atoms with Gasteiger partial charge in [-0.3, -0.25) is 24.0 Å². The molecule has 392 valence electrons. The minimum absolute atomic E-state index is 0.00952. The van der Waals surface area contributed by atoms with Crippen LogP contribution in [0, 0.1) is 0 Å². The topological polar surface area (TPSA) is 263 Å². The highest BCUT2D eigenvalue weighted by atomic mass is 19.4. The van der Waals surface area contributed by atoms with Gasteiger partial charge < -0.3 is 56.8 Å². The molecule has 3 heterocycles. The Kier molecular flexibility index (Phi) is 18.2. The van der Waals surface area contributed by atoms with Crippen LogP contribution in [0.15, 0.2) is 146 Å². The first-order valence-electron chi connectivity index (χ1n) is 23.9. The molecule has 1 aromatic heterocycles. The van der Waals surface area contributed by atoms with Crippen molar-refractivity contribution >= 4 is 52.5 Å². The predicted octanol–water partition coefficient (Wildman–Crippen LogP) is 4.39. The summed E-state index contributed by atoms with van der Waals surface area (Å²) in [4.78, 5) is 100. The summed E-state index contributed by atoms with van der Waals surface area (Å²) in [5.74, 6) is -5.56. The first-order valence-corrected chi connectivity index (χ1v) is 23.9. The zero-order chi connectivity index (χ0) is 53.5. The molecule has 8 rings (SSSR count). The third-order valence-corrected chi connectivity index (χ3v) is 12.3. The summed E-state index contributed by atoms with van der Waals surface area (Å²) in [6.45, 7) is 0.460. The molecule has 6 atom stereocenters. The van der Waals surface area contributed by atoms with Crippen LogP contribution in [-0.2, 0) is 59.4 Å². The van der Waals surface area contributed by atoms with Crippen LogP contribution in [0.25, 0.3) is 10.9 Å². The van der Waals surface area contributed by atoms with Gasteiger partial charge >= 0.3 is 18.2 Å². The molecule has 0 radical (unpaired) electrons. The van der Waals surface area contributed by atoms with Crippen molar-refractivity contribution in [3.8, 4) is 5.75 Å². The molecular formula is C54H55F3N8O10. The Morgan fingerprint density at radius 3 is 1.85 bits per heavy atom. The summed E-state index contributed by atoms with van der Waals surface area (Å²) in [7, 11) is 0. The molecular weight excluding hydrogens is 978 g/mol. The van der Waals surface area contributed by atoms with Gasteiger partial charge in [-0.05, 0) is 46.0 Å². The lowest BCUT2D eigenvalue weighted by molar-refractivity contribution is -0.192. The van der Waals surface area contributed by atoms with Crippen LogP contribution in [0.1, 0.15) is 40.3 Å². The van der Waals surface area contributed by atoms with Crippen molar-refractivity contribution in [2.75, 3.05) is 19.6 Å². The SMILES string of the molecule is NCCNC(=O)OC1C[C@H]2C(=O)N[C@@H](c3ccccc3)C(=O)N[C@H](Cc3c[nH]c4ccccc34)C(=O)N[C@@H](Cc3ccc(OCc4ccccc4)cc3)C(=O)N[C@@H](Cc3ccccc3)C(=O)N2C1.O=C(O)C(F)(F)F. The number of alkyl halides is 3. The number of ether oxygens (including phenoxy) is 2. The molecule has 18 nitrogen and oxygen atoms in total. The summed E-state index contributed by atoms with van der Waals surface area (Å²) in [6.07, 6.45) is -5.12. The molecule has 75 heavy (non-hydrogen) atoms. The number of nitrogens with zero attached hydrogens (tertiary/aromatic N) is 1. The van der Waals surface area contributed by atoms with Crippen LogP contribution in [0.2, 0.25) is 0 Å². The summed E-state index contributed by atoms with van der Waals surface area (Å²) in [6, 6.07) is 35.7. The van der Waals surface area contributed by atoms with E-state index in [1.165, 1.54) is 4.90 Å². The number of carbonyl (C=O) groups excluding carboxylic acids is 6. The Balaban J connectivity index is 0.00000109. The van der Waals surface area contributed by atoms with Crippen molar-refractivity contribution in [1.29, 1.82) is 0 Å². The van der Waals surface area contributed by atoms with Crippen LogP contribution in [-0.4, -0.2) is 113 Å². The maximum atomic E-state index is 15.0. The van der Waals surface area contributed by atoms with Crippen LogP contribution in [0.3, 0.4) is 0 Å². The second-order valence-corrected chi connectivity index (χ2v) is 17.7. The molecule has 0 spiro atoms. The minimum Gasteiger partial charge on any atom is -0.489 e. The van der Waals surface area contributed by atoms with Gasteiger partial charge in [0.15, 0.2) is 0 Å². The largest absolute Gasteiger partial charge is 0.490 e. The molecule has 0 aliphatic carbocycles. The number of alkyl carbamates (subject to hydrolysis) is 1. The van der Waals surface area contributed by atoms with Crippen molar-refractivity contribution in [2.24, 2.45) is 5.73 Å². The molecule has 0 bridgehead atoms. The number of carboxylic acid groups (broad SMARTS) is 1. The van der Waals surface area contributed by atoms with E-state index in [1.54, 1.807) is 60.8 Å². The number of aromatic amines is 1. The van der Waals surface area contributed by atoms with Crippen LogP contribution in [0.4, 0.5) is 18.0 Å². The first-order chi connectivity index (χ1) is 36.1. The highest BCUT2D eigenvalue weighted by Crippen LogP contribution is 2.26. The number of nitrogens with two attached hydrogens (primary N) is 1.